The van der Waals surface area contributed by atoms with Gasteiger partial charge in [0.25, 0.3) is 6.43 Å². The molecule has 0 heterocycles. The number of alkyl halides is 3. The zero-order valence-corrected chi connectivity index (χ0v) is 13.0. The van der Waals surface area contributed by atoms with E-state index in [1.165, 1.54) is 21.3 Å². The summed E-state index contributed by atoms with van der Waals surface area (Å²) in [6.45, 7) is -0.456. The van der Waals surface area contributed by atoms with Gasteiger partial charge in [-0.05, 0) is 18.6 Å². The molecule has 1 unspecified atom stereocenters. The number of halogens is 3. The molecule has 0 fully saturated rings. The summed E-state index contributed by atoms with van der Waals surface area (Å²) >= 11 is 6.29. The fourth-order valence-corrected chi connectivity index (χ4v) is 2.15. The highest BCUT2D eigenvalue weighted by Gasteiger charge is 2.21. The summed E-state index contributed by atoms with van der Waals surface area (Å²) in [7, 11) is 4.52. The number of methoxy groups -OCH3 is 3. The summed E-state index contributed by atoms with van der Waals surface area (Å²) in [5, 5.41) is -0.447. The summed E-state index contributed by atoms with van der Waals surface area (Å²) in [6.07, 6.45) is -2.10. The predicted octanol–water partition coefficient (Wildman–Crippen LogP) is 3.66. The second kappa shape index (κ2) is 8.89. The molecule has 1 atom stereocenters. The van der Waals surface area contributed by atoms with Crippen LogP contribution in [-0.4, -0.2) is 41.0 Å². The van der Waals surface area contributed by atoms with Crippen molar-refractivity contribution in [2.75, 3.05) is 34.5 Å². The van der Waals surface area contributed by atoms with Gasteiger partial charge in [-0.2, -0.15) is 0 Å². The van der Waals surface area contributed by atoms with Crippen LogP contribution in [0.4, 0.5) is 8.78 Å². The third-order valence-corrected chi connectivity index (χ3v) is 3.28. The number of rotatable bonds is 9. The average molecular weight is 325 g/mol. The molecular formula is C14H19ClF2O4. The maximum absolute atomic E-state index is 12.0. The van der Waals surface area contributed by atoms with Crippen LogP contribution in [0, 0.1) is 0 Å². The minimum Gasteiger partial charge on any atom is -0.493 e. The smallest absolute Gasteiger partial charge is 0.261 e. The molecule has 0 spiro atoms. The second-order valence-corrected chi connectivity index (χ2v) is 4.67. The lowest BCUT2D eigenvalue weighted by Crippen LogP contribution is -2.07. The molecule has 0 saturated carbocycles. The predicted molar refractivity (Wildman–Crippen MR) is 76.1 cm³/mol. The van der Waals surface area contributed by atoms with Crippen LogP contribution in [-0.2, 0) is 4.74 Å². The van der Waals surface area contributed by atoms with Crippen LogP contribution < -0.4 is 14.2 Å². The molecule has 0 aliphatic carbocycles. The summed E-state index contributed by atoms with van der Waals surface area (Å²) in [6, 6.07) is 3.47. The fraction of sp³-hybridized carbons (Fsp3) is 0.571. The quantitative estimate of drug-likeness (QED) is 0.513. The summed E-state index contributed by atoms with van der Waals surface area (Å²) < 4.78 is 44.6. The van der Waals surface area contributed by atoms with Crippen molar-refractivity contribution in [3.8, 4) is 17.2 Å². The Bertz CT molecular complexity index is 443. The van der Waals surface area contributed by atoms with E-state index in [9.17, 15) is 8.78 Å². The van der Waals surface area contributed by atoms with Crippen LogP contribution >= 0.6 is 11.6 Å². The van der Waals surface area contributed by atoms with E-state index < -0.39 is 18.4 Å². The van der Waals surface area contributed by atoms with Crippen LogP contribution in [0.5, 0.6) is 17.2 Å². The van der Waals surface area contributed by atoms with Gasteiger partial charge in [0, 0.05) is 12.2 Å². The molecule has 0 amide bonds. The Hall–Kier alpha value is -1.27. The fourth-order valence-electron chi connectivity index (χ4n) is 1.89. The van der Waals surface area contributed by atoms with Crippen molar-refractivity contribution in [1.82, 2.24) is 0 Å². The minimum absolute atomic E-state index is 0.135. The van der Waals surface area contributed by atoms with E-state index >= 15 is 0 Å². The third kappa shape index (κ3) is 4.89. The molecule has 21 heavy (non-hydrogen) atoms. The van der Waals surface area contributed by atoms with Crippen molar-refractivity contribution in [2.45, 2.75) is 18.2 Å². The van der Waals surface area contributed by atoms with E-state index in [1.54, 1.807) is 12.1 Å². The first-order valence-corrected chi connectivity index (χ1v) is 6.77. The van der Waals surface area contributed by atoms with Gasteiger partial charge in [-0.15, -0.1) is 11.6 Å². The Morgan fingerprint density at radius 2 is 1.71 bits per heavy atom. The molecular weight excluding hydrogens is 306 g/mol. The maximum Gasteiger partial charge on any atom is 0.261 e. The van der Waals surface area contributed by atoms with Crippen LogP contribution in [0.2, 0.25) is 0 Å². The van der Waals surface area contributed by atoms with E-state index in [0.717, 1.165) is 0 Å². The maximum atomic E-state index is 12.0. The van der Waals surface area contributed by atoms with Gasteiger partial charge in [-0.25, -0.2) is 8.78 Å². The molecule has 0 radical (unpaired) electrons. The van der Waals surface area contributed by atoms with Crippen LogP contribution in [0.1, 0.15) is 17.4 Å². The lowest BCUT2D eigenvalue weighted by atomic mass is 10.1. The van der Waals surface area contributed by atoms with E-state index in [4.69, 9.17) is 30.5 Å². The molecule has 1 rings (SSSR count). The molecule has 0 bridgehead atoms. The van der Waals surface area contributed by atoms with E-state index in [1.807, 2.05) is 0 Å². The van der Waals surface area contributed by atoms with E-state index in [2.05, 4.69) is 0 Å². The second-order valence-electron chi connectivity index (χ2n) is 4.15. The SMILES string of the molecule is COc1ccc(C(Cl)CCOCC(F)F)c(OC)c1OC. The number of benzene rings is 1. The highest BCUT2D eigenvalue weighted by molar-refractivity contribution is 6.21. The topological polar surface area (TPSA) is 36.9 Å². The van der Waals surface area contributed by atoms with Gasteiger partial charge in [0.1, 0.15) is 6.61 Å². The van der Waals surface area contributed by atoms with Gasteiger partial charge < -0.3 is 18.9 Å². The molecule has 0 aromatic heterocycles. The normalized spacial score (nSPS) is 12.3. The first-order valence-electron chi connectivity index (χ1n) is 6.33. The van der Waals surface area contributed by atoms with Gasteiger partial charge in [0.2, 0.25) is 5.75 Å². The number of hydrogen-bond acceptors (Lipinski definition) is 4. The minimum atomic E-state index is -2.48. The summed E-state index contributed by atoms with van der Waals surface area (Å²) in [5.74, 6) is 1.43. The summed E-state index contributed by atoms with van der Waals surface area (Å²) in [4.78, 5) is 0. The van der Waals surface area contributed by atoms with Gasteiger partial charge >= 0.3 is 0 Å². The highest BCUT2D eigenvalue weighted by Crippen LogP contribution is 2.44. The van der Waals surface area contributed by atoms with Crippen LogP contribution in [0.3, 0.4) is 0 Å². The van der Waals surface area contributed by atoms with Gasteiger partial charge in [-0.1, -0.05) is 0 Å². The van der Waals surface area contributed by atoms with Gasteiger partial charge in [0.15, 0.2) is 11.5 Å². The molecule has 7 heteroatoms. The van der Waals surface area contributed by atoms with Crippen molar-refractivity contribution in [3.63, 3.8) is 0 Å². The lowest BCUT2D eigenvalue weighted by Gasteiger charge is -2.18. The van der Waals surface area contributed by atoms with Crippen LogP contribution in [0.15, 0.2) is 12.1 Å². The highest BCUT2D eigenvalue weighted by atomic mass is 35.5. The standard InChI is InChI=1S/C14H19ClF2O4/c1-18-11-5-4-9(13(19-2)14(11)20-3)10(15)6-7-21-8-12(16)17/h4-5,10,12H,6-8H2,1-3H3. The monoisotopic (exact) mass is 324 g/mol. The Kier molecular flexibility index (Phi) is 7.53. The van der Waals surface area contributed by atoms with Crippen molar-refractivity contribution < 1.29 is 27.7 Å². The van der Waals surface area contributed by atoms with E-state index in [0.29, 0.717) is 29.2 Å². The summed E-state index contributed by atoms with van der Waals surface area (Å²) in [5.41, 5.74) is 0.692. The van der Waals surface area contributed by atoms with Crippen molar-refractivity contribution in [2.24, 2.45) is 0 Å². The average Bonchev–Trinajstić information content (AvgIpc) is 2.49. The van der Waals surface area contributed by atoms with Crippen molar-refractivity contribution in [1.29, 1.82) is 0 Å². The van der Waals surface area contributed by atoms with Crippen molar-refractivity contribution in [3.05, 3.63) is 17.7 Å². The Balaban J connectivity index is 2.81. The first kappa shape index (κ1) is 17.8. The third-order valence-electron chi connectivity index (χ3n) is 2.83. The molecule has 0 saturated heterocycles. The first-order chi connectivity index (χ1) is 10.0. The Labute approximate surface area is 127 Å². The largest absolute Gasteiger partial charge is 0.493 e. The van der Waals surface area contributed by atoms with Crippen LogP contribution in [0.25, 0.3) is 0 Å². The molecule has 120 valence electrons. The molecule has 0 N–H and O–H groups in total. The zero-order chi connectivity index (χ0) is 15.8. The van der Waals surface area contributed by atoms with Gasteiger partial charge in [0.05, 0.1) is 26.7 Å². The lowest BCUT2D eigenvalue weighted by molar-refractivity contribution is 0.0165. The Morgan fingerprint density at radius 3 is 2.24 bits per heavy atom. The molecule has 1 aromatic rings. The molecule has 1 aromatic carbocycles. The van der Waals surface area contributed by atoms with E-state index in [-0.39, 0.29) is 6.61 Å². The Morgan fingerprint density at radius 1 is 1.05 bits per heavy atom. The molecule has 4 nitrogen and oxygen atoms in total. The van der Waals surface area contributed by atoms with Gasteiger partial charge in [-0.3, -0.25) is 0 Å². The molecule has 0 aliphatic heterocycles. The van der Waals surface area contributed by atoms with Crippen molar-refractivity contribution >= 4 is 11.6 Å². The zero-order valence-electron chi connectivity index (χ0n) is 12.2. The number of ether oxygens (including phenoxy) is 4. The molecule has 0 aliphatic rings. The number of hydrogen-bond donors (Lipinski definition) is 0.